The summed E-state index contributed by atoms with van der Waals surface area (Å²) in [6.45, 7) is 4.48. The van der Waals surface area contributed by atoms with Gasteiger partial charge in [0.05, 0.1) is 5.52 Å². The zero-order valence-electron chi connectivity index (χ0n) is 22.7. The van der Waals surface area contributed by atoms with Crippen molar-refractivity contribution in [2.24, 2.45) is 0 Å². The van der Waals surface area contributed by atoms with Crippen LogP contribution in [0, 0.1) is 11.6 Å². The Hall–Kier alpha value is -4.02. The Morgan fingerprint density at radius 3 is 2.55 bits per heavy atom. The lowest BCUT2D eigenvalue weighted by molar-refractivity contribution is 0.102. The van der Waals surface area contributed by atoms with Crippen LogP contribution in [-0.2, 0) is 17.8 Å². The highest BCUT2D eigenvalue weighted by Gasteiger charge is 2.19. The van der Waals surface area contributed by atoms with Gasteiger partial charge in [0.25, 0.3) is 5.91 Å². The Bertz CT molecular complexity index is 1460. The summed E-state index contributed by atoms with van der Waals surface area (Å²) < 4.78 is 38.1. The normalized spacial score (nSPS) is 14.1. The number of anilines is 2. The summed E-state index contributed by atoms with van der Waals surface area (Å²) in [6.07, 6.45) is 1.50. The standard InChI is InChI=1S/C30H33F2N5O3/c1-36-9-11-37(12-10-36)24-5-7-26(21(16-24)4-3-13-39-2)30(38)33-29-27-18-25(6-8-28(27)34-35-29)40-19-20-14-22(31)17-23(32)15-20/h5-8,14-18H,3-4,9-13,19H2,1-2H3,(H2,33,34,35,38). The Labute approximate surface area is 231 Å². The third kappa shape index (κ3) is 6.57. The maximum atomic E-state index is 13.5. The quantitative estimate of drug-likeness (QED) is 0.271. The molecule has 0 saturated carbocycles. The number of H-pyrrole nitrogens is 1. The molecule has 0 spiro atoms. The Morgan fingerprint density at radius 2 is 1.80 bits per heavy atom. The fraction of sp³-hybridized carbons (Fsp3) is 0.333. The molecule has 0 bridgehead atoms. The number of fused-ring (bicyclic) bond motifs is 1. The second kappa shape index (κ2) is 12.4. The number of piperazine rings is 1. The van der Waals surface area contributed by atoms with Crippen LogP contribution in [0.5, 0.6) is 5.75 Å². The molecule has 1 aromatic heterocycles. The van der Waals surface area contributed by atoms with Gasteiger partial charge < -0.3 is 24.6 Å². The number of nitrogens with zero attached hydrogens (tertiary/aromatic N) is 3. The van der Waals surface area contributed by atoms with E-state index in [1.807, 2.05) is 12.1 Å². The zero-order chi connectivity index (χ0) is 28.1. The SMILES string of the molecule is COCCCc1cc(N2CCN(C)CC2)ccc1C(=O)Nc1n[nH]c2ccc(OCc3cc(F)cc(F)c3)cc12. The lowest BCUT2D eigenvalue weighted by Gasteiger charge is -2.34. The topological polar surface area (TPSA) is 82.7 Å². The van der Waals surface area contributed by atoms with Crippen LogP contribution in [0.2, 0.25) is 0 Å². The first-order chi connectivity index (χ1) is 19.4. The summed E-state index contributed by atoms with van der Waals surface area (Å²) in [5, 5.41) is 10.8. The molecule has 10 heteroatoms. The number of carbonyl (C=O) groups is 1. The monoisotopic (exact) mass is 549 g/mol. The number of rotatable bonds is 10. The van der Waals surface area contributed by atoms with Crippen LogP contribution in [-0.4, -0.2) is 67.9 Å². The van der Waals surface area contributed by atoms with Gasteiger partial charge in [-0.2, -0.15) is 5.10 Å². The minimum Gasteiger partial charge on any atom is -0.489 e. The van der Waals surface area contributed by atoms with E-state index in [-0.39, 0.29) is 12.5 Å². The molecule has 210 valence electrons. The van der Waals surface area contributed by atoms with E-state index >= 15 is 0 Å². The van der Waals surface area contributed by atoms with Gasteiger partial charge in [0.1, 0.15) is 24.0 Å². The van der Waals surface area contributed by atoms with E-state index in [2.05, 4.69) is 38.4 Å². The van der Waals surface area contributed by atoms with E-state index in [1.165, 1.54) is 12.1 Å². The summed E-state index contributed by atoms with van der Waals surface area (Å²) in [5.41, 5.74) is 3.75. The molecular formula is C30H33F2N5O3. The molecule has 1 amide bonds. The number of carbonyl (C=O) groups excluding carboxylic acids is 1. The van der Waals surface area contributed by atoms with Crippen molar-refractivity contribution in [3.05, 3.63) is 82.9 Å². The van der Waals surface area contributed by atoms with Crippen molar-refractivity contribution >= 4 is 28.3 Å². The third-order valence-corrected chi connectivity index (χ3v) is 7.09. The molecule has 1 aliphatic rings. The van der Waals surface area contributed by atoms with Gasteiger partial charge in [-0.05, 0) is 79.5 Å². The number of amides is 1. The van der Waals surface area contributed by atoms with E-state index in [4.69, 9.17) is 9.47 Å². The maximum absolute atomic E-state index is 13.5. The average molecular weight is 550 g/mol. The largest absolute Gasteiger partial charge is 0.489 e. The molecule has 1 fully saturated rings. The van der Waals surface area contributed by atoms with Gasteiger partial charge in [-0.1, -0.05) is 0 Å². The predicted octanol–water partition coefficient (Wildman–Crippen LogP) is 5.00. The first kappa shape index (κ1) is 27.5. The zero-order valence-corrected chi connectivity index (χ0v) is 22.7. The van der Waals surface area contributed by atoms with Crippen LogP contribution < -0.4 is 15.0 Å². The molecule has 0 radical (unpaired) electrons. The number of methoxy groups -OCH3 is 1. The maximum Gasteiger partial charge on any atom is 0.257 e. The molecule has 0 atom stereocenters. The number of aromatic amines is 1. The van der Waals surface area contributed by atoms with Gasteiger partial charge in [0.15, 0.2) is 5.82 Å². The summed E-state index contributed by atoms with van der Waals surface area (Å²) in [5.74, 6) is -0.731. The van der Waals surface area contributed by atoms with E-state index < -0.39 is 11.6 Å². The molecule has 0 unspecified atom stereocenters. The van der Waals surface area contributed by atoms with E-state index in [0.29, 0.717) is 46.6 Å². The van der Waals surface area contributed by atoms with Gasteiger partial charge in [0.2, 0.25) is 0 Å². The number of likely N-dealkylation sites (N-methyl/N-ethyl adjacent to an activating group) is 1. The first-order valence-electron chi connectivity index (χ1n) is 13.3. The molecule has 8 nitrogen and oxygen atoms in total. The molecular weight excluding hydrogens is 516 g/mol. The summed E-state index contributed by atoms with van der Waals surface area (Å²) in [7, 11) is 3.80. The van der Waals surface area contributed by atoms with E-state index in [9.17, 15) is 13.6 Å². The molecule has 3 aromatic carbocycles. The highest BCUT2D eigenvalue weighted by atomic mass is 19.1. The van der Waals surface area contributed by atoms with Crippen LogP contribution in [0.3, 0.4) is 0 Å². The van der Waals surface area contributed by atoms with Crippen LogP contribution in [0.25, 0.3) is 10.9 Å². The van der Waals surface area contributed by atoms with Crippen molar-refractivity contribution in [1.29, 1.82) is 0 Å². The van der Waals surface area contributed by atoms with Gasteiger partial charge in [-0.3, -0.25) is 9.89 Å². The predicted molar refractivity (Wildman–Crippen MR) is 151 cm³/mol. The smallest absolute Gasteiger partial charge is 0.257 e. The lowest BCUT2D eigenvalue weighted by atomic mass is 10.0. The van der Waals surface area contributed by atoms with Crippen LogP contribution in [0.15, 0.2) is 54.6 Å². The number of hydrogen-bond acceptors (Lipinski definition) is 6. The van der Waals surface area contributed by atoms with Crippen molar-refractivity contribution in [2.75, 3.05) is 57.2 Å². The Morgan fingerprint density at radius 1 is 1.02 bits per heavy atom. The van der Waals surface area contributed by atoms with Gasteiger partial charge in [0, 0.05) is 62.6 Å². The summed E-state index contributed by atoms with van der Waals surface area (Å²) in [6, 6.07) is 14.5. The minimum atomic E-state index is -0.660. The number of halogens is 2. The second-order valence-electron chi connectivity index (χ2n) is 10.0. The Kier molecular flexibility index (Phi) is 8.57. The van der Waals surface area contributed by atoms with E-state index in [0.717, 1.165) is 49.9 Å². The van der Waals surface area contributed by atoms with Gasteiger partial charge in [-0.25, -0.2) is 8.78 Å². The highest BCUT2D eigenvalue weighted by molar-refractivity contribution is 6.09. The van der Waals surface area contributed by atoms with Crippen molar-refractivity contribution in [3.8, 4) is 5.75 Å². The number of benzene rings is 3. The van der Waals surface area contributed by atoms with Crippen molar-refractivity contribution in [2.45, 2.75) is 19.4 Å². The number of nitrogens with one attached hydrogen (secondary N) is 2. The highest BCUT2D eigenvalue weighted by Crippen LogP contribution is 2.28. The third-order valence-electron chi connectivity index (χ3n) is 7.09. The molecule has 4 aromatic rings. The fourth-order valence-electron chi connectivity index (χ4n) is 4.89. The molecule has 0 aliphatic carbocycles. The van der Waals surface area contributed by atoms with Gasteiger partial charge >= 0.3 is 0 Å². The summed E-state index contributed by atoms with van der Waals surface area (Å²) in [4.78, 5) is 18.1. The molecule has 5 rings (SSSR count). The van der Waals surface area contributed by atoms with Crippen molar-refractivity contribution in [3.63, 3.8) is 0 Å². The lowest BCUT2D eigenvalue weighted by Crippen LogP contribution is -2.44. The van der Waals surface area contributed by atoms with Crippen LogP contribution in [0.4, 0.5) is 20.3 Å². The first-order valence-corrected chi connectivity index (χ1v) is 13.3. The number of hydrogen-bond donors (Lipinski definition) is 2. The Balaban J connectivity index is 1.34. The molecule has 40 heavy (non-hydrogen) atoms. The number of aromatic nitrogens is 2. The molecule has 2 N–H and O–H groups in total. The van der Waals surface area contributed by atoms with Crippen LogP contribution >= 0.6 is 0 Å². The minimum absolute atomic E-state index is 0.00970. The second-order valence-corrected chi connectivity index (χ2v) is 10.0. The van der Waals surface area contributed by atoms with Crippen molar-refractivity contribution < 1.29 is 23.0 Å². The molecule has 2 heterocycles. The average Bonchev–Trinajstić information content (AvgIpc) is 3.33. The number of ether oxygens (including phenoxy) is 2. The fourth-order valence-corrected chi connectivity index (χ4v) is 4.89. The van der Waals surface area contributed by atoms with Crippen molar-refractivity contribution in [1.82, 2.24) is 15.1 Å². The number of aryl methyl sites for hydroxylation is 1. The molecule has 1 aliphatic heterocycles. The van der Waals surface area contributed by atoms with Gasteiger partial charge in [-0.15, -0.1) is 0 Å². The van der Waals surface area contributed by atoms with Crippen LogP contribution in [0.1, 0.15) is 27.9 Å². The summed E-state index contributed by atoms with van der Waals surface area (Å²) >= 11 is 0. The molecule has 1 saturated heterocycles. The van der Waals surface area contributed by atoms with E-state index in [1.54, 1.807) is 25.3 Å².